The Balaban J connectivity index is 3.02. The summed E-state index contributed by atoms with van der Waals surface area (Å²) in [7, 11) is 0. The second-order valence-corrected chi connectivity index (χ2v) is 3.23. The predicted octanol–water partition coefficient (Wildman–Crippen LogP) is 3.84. The lowest BCUT2D eigenvalue weighted by Gasteiger charge is -2.08. The first-order chi connectivity index (χ1) is 7.15. The summed E-state index contributed by atoms with van der Waals surface area (Å²) in [4.78, 5) is 0. The van der Waals surface area contributed by atoms with Crippen LogP contribution in [0.15, 0.2) is 24.3 Å². The molecule has 5 heteroatoms. The summed E-state index contributed by atoms with van der Waals surface area (Å²) in [5.74, 6) is -0.757. The van der Waals surface area contributed by atoms with Gasteiger partial charge >= 0.3 is 6.61 Å². The minimum absolute atomic E-state index is 0.0252. The molecular formula is C10H8BrF3O. The Morgan fingerprint density at radius 3 is 2.73 bits per heavy atom. The maximum Gasteiger partial charge on any atom is 0.387 e. The monoisotopic (exact) mass is 280 g/mol. The Morgan fingerprint density at radius 1 is 1.40 bits per heavy atom. The molecule has 82 valence electrons. The average molecular weight is 281 g/mol. The van der Waals surface area contributed by atoms with E-state index in [1.807, 2.05) is 0 Å². The number of rotatable bonds is 4. The van der Waals surface area contributed by atoms with Gasteiger partial charge in [0.25, 0.3) is 0 Å². The van der Waals surface area contributed by atoms with E-state index in [9.17, 15) is 13.2 Å². The molecule has 0 bridgehead atoms. The number of ether oxygens (including phenoxy) is 1. The summed E-state index contributed by atoms with van der Waals surface area (Å²) in [6, 6.07) is 3.80. The SMILES string of the molecule is Fc1cccc(OC(F)F)c1C=CCBr. The van der Waals surface area contributed by atoms with Crippen LogP contribution in [-0.4, -0.2) is 11.9 Å². The van der Waals surface area contributed by atoms with E-state index in [4.69, 9.17) is 0 Å². The van der Waals surface area contributed by atoms with Gasteiger partial charge < -0.3 is 4.74 Å². The molecule has 0 saturated heterocycles. The fraction of sp³-hybridized carbons (Fsp3) is 0.200. The maximum absolute atomic E-state index is 13.2. The van der Waals surface area contributed by atoms with Gasteiger partial charge in [-0.25, -0.2) is 4.39 Å². The highest BCUT2D eigenvalue weighted by Crippen LogP contribution is 2.24. The smallest absolute Gasteiger partial charge is 0.387 e. The fourth-order valence-corrected chi connectivity index (χ4v) is 1.23. The molecule has 1 nitrogen and oxygen atoms in total. The van der Waals surface area contributed by atoms with E-state index in [0.717, 1.165) is 0 Å². The summed E-state index contributed by atoms with van der Waals surface area (Å²) in [6.07, 6.45) is 2.98. The Labute approximate surface area is 93.7 Å². The first kappa shape index (κ1) is 12.1. The van der Waals surface area contributed by atoms with Crippen LogP contribution in [-0.2, 0) is 0 Å². The van der Waals surface area contributed by atoms with Crippen LogP contribution < -0.4 is 4.74 Å². The van der Waals surface area contributed by atoms with E-state index in [0.29, 0.717) is 5.33 Å². The van der Waals surface area contributed by atoms with Crippen molar-refractivity contribution in [1.29, 1.82) is 0 Å². The van der Waals surface area contributed by atoms with Gasteiger partial charge in [-0.1, -0.05) is 34.1 Å². The molecule has 0 amide bonds. The largest absolute Gasteiger partial charge is 0.434 e. The molecule has 15 heavy (non-hydrogen) atoms. The van der Waals surface area contributed by atoms with Crippen molar-refractivity contribution in [3.05, 3.63) is 35.7 Å². The van der Waals surface area contributed by atoms with E-state index in [1.165, 1.54) is 24.3 Å². The molecular weight excluding hydrogens is 273 g/mol. The van der Waals surface area contributed by atoms with Crippen molar-refractivity contribution in [3.63, 3.8) is 0 Å². The van der Waals surface area contributed by atoms with Crippen molar-refractivity contribution < 1.29 is 17.9 Å². The molecule has 1 rings (SSSR count). The topological polar surface area (TPSA) is 9.23 Å². The molecule has 0 saturated carbocycles. The Kier molecular flexibility index (Phi) is 4.68. The van der Waals surface area contributed by atoms with Gasteiger partial charge in [0.2, 0.25) is 0 Å². The van der Waals surface area contributed by atoms with Gasteiger partial charge in [0.15, 0.2) is 0 Å². The molecule has 0 N–H and O–H groups in total. The van der Waals surface area contributed by atoms with Crippen LogP contribution in [0, 0.1) is 5.82 Å². The molecule has 0 radical (unpaired) electrons. The van der Waals surface area contributed by atoms with Crippen molar-refractivity contribution >= 4 is 22.0 Å². The zero-order valence-electron chi connectivity index (χ0n) is 7.59. The van der Waals surface area contributed by atoms with Crippen molar-refractivity contribution in [2.75, 3.05) is 5.33 Å². The van der Waals surface area contributed by atoms with Crippen LogP contribution in [0.1, 0.15) is 5.56 Å². The summed E-state index contributed by atoms with van der Waals surface area (Å²) < 4.78 is 41.4. The van der Waals surface area contributed by atoms with Gasteiger partial charge in [0.1, 0.15) is 11.6 Å². The average Bonchev–Trinajstić information content (AvgIpc) is 2.16. The second kappa shape index (κ2) is 5.80. The van der Waals surface area contributed by atoms with Gasteiger partial charge in [-0.2, -0.15) is 8.78 Å². The van der Waals surface area contributed by atoms with Crippen molar-refractivity contribution in [2.24, 2.45) is 0 Å². The molecule has 0 unspecified atom stereocenters. The number of alkyl halides is 3. The third kappa shape index (κ3) is 3.58. The number of allylic oxidation sites excluding steroid dienone is 1. The molecule has 1 aromatic carbocycles. The minimum atomic E-state index is -2.96. The zero-order chi connectivity index (χ0) is 11.3. The summed E-state index contributed by atoms with van der Waals surface area (Å²) >= 11 is 3.11. The van der Waals surface area contributed by atoms with Crippen LogP contribution in [0.3, 0.4) is 0 Å². The van der Waals surface area contributed by atoms with Crippen molar-refractivity contribution in [3.8, 4) is 5.75 Å². The van der Waals surface area contributed by atoms with E-state index < -0.39 is 12.4 Å². The lowest BCUT2D eigenvalue weighted by molar-refractivity contribution is -0.0501. The highest BCUT2D eigenvalue weighted by molar-refractivity contribution is 9.09. The first-order valence-electron chi connectivity index (χ1n) is 4.11. The standard InChI is InChI=1S/C10H8BrF3O/c11-6-2-3-7-8(12)4-1-5-9(7)15-10(13)14/h1-5,10H,6H2. The van der Waals surface area contributed by atoms with Crippen LogP contribution in [0.4, 0.5) is 13.2 Å². The molecule has 0 spiro atoms. The lowest BCUT2D eigenvalue weighted by atomic mass is 10.2. The van der Waals surface area contributed by atoms with E-state index in [2.05, 4.69) is 20.7 Å². The van der Waals surface area contributed by atoms with Gasteiger partial charge in [-0.3, -0.25) is 0 Å². The first-order valence-corrected chi connectivity index (χ1v) is 5.23. The normalized spacial score (nSPS) is 11.3. The summed E-state index contributed by atoms with van der Waals surface area (Å²) in [5.41, 5.74) is 0.0252. The van der Waals surface area contributed by atoms with Crippen LogP contribution in [0.5, 0.6) is 5.75 Å². The third-order valence-corrected chi connectivity index (χ3v) is 1.98. The van der Waals surface area contributed by atoms with Crippen LogP contribution in [0.25, 0.3) is 6.08 Å². The minimum Gasteiger partial charge on any atom is -0.434 e. The van der Waals surface area contributed by atoms with Crippen molar-refractivity contribution in [2.45, 2.75) is 6.61 Å². The number of hydrogen-bond acceptors (Lipinski definition) is 1. The highest BCUT2D eigenvalue weighted by Gasteiger charge is 2.10. The fourth-order valence-electron chi connectivity index (χ4n) is 1.04. The molecule has 0 heterocycles. The quantitative estimate of drug-likeness (QED) is 0.762. The van der Waals surface area contributed by atoms with E-state index in [1.54, 1.807) is 6.08 Å². The predicted molar refractivity (Wildman–Crippen MR) is 55.9 cm³/mol. The molecule has 0 aliphatic heterocycles. The maximum atomic E-state index is 13.2. The lowest BCUT2D eigenvalue weighted by Crippen LogP contribution is -2.04. The molecule has 0 aliphatic carbocycles. The summed E-state index contributed by atoms with van der Waals surface area (Å²) in [5, 5.41) is 0.509. The Bertz CT molecular complexity index is 353. The molecule has 0 fully saturated rings. The highest BCUT2D eigenvalue weighted by atomic mass is 79.9. The van der Waals surface area contributed by atoms with Gasteiger partial charge in [0.05, 0.1) is 5.56 Å². The van der Waals surface area contributed by atoms with Crippen molar-refractivity contribution in [1.82, 2.24) is 0 Å². The number of benzene rings is 1. The second-order valence-electron chi connectivity index (χ2n) is 2.59. The number of hydrogen-bond donors (Lipinski definition) is 0. The molecule has 1 aromatic rings. The summed E-state index contributed by atoms with van der Waals surface area (Å²) in [6.45, 7) is -2.96. The van der Waals surface area contributed by atoms with Crippen LogP contribution in [0.2, 0.25) is 0 Å². The number of halogens is 4. The molecule has 0 aromatic heterocycles. The van der Waals surface area contributed by atoms with Gasteiger partial charge in [0, 0.05) is 5.33 Å². The van der Waals surface area contributed by atoms with Crippen LogP contribution >= 0.6 is 15.9 Å². The zero-order valence-corrected chi connectivity index (χ0v) is 9.18. The van der Waals surface area contributed by atoms with Gasteiger partial charge in [-0.15, -0.1) is 0 Å². The van der Waals surface area contributed by atoms with E-state index in [-0.39, 0.29) is 11.3 Å². The molecule has 0 atom stereocenters. The van der Waals surface area contributed by atoms with Gasteiger partial charge in [-0.05, 0) is 12.1 Å². The Morgan fingerprint density at radius 2 is 2.13 bits per heavy atom. The third-order valence-electron chi connectivity index (χ3n) is 1.60. The Hall–Kier alpha value is -0.970. The molecule has 0 aliphatic rings. The van der Waals surface area contributed by atoms with E-state index >= 15 is 0 Å².